The number of rotatable bonds is 5. The van der Waals surface area contributed by atoms with Gasteiger partial charge in [-0.05, 0) is 25.3 Å². The first-order chi connectivity index (χ1) is 8.66. The second kappa shape index (κ2) is 6.20. The number of aromatic nitrogens is 2. The van der Waals surface area contributed by atoms with Crippen LogP contribution in [0.1, 0.15) is 25.7 Å². The van der Waals surface area contributed by atoms with Gasteiger partial charge < -0.3 is 5.32 Å². The van der Waals surface area contributed by atoms with Gasteiger partial charge >= 0.3 is 5.69 Å². The molecule has 100 valence electrons. The average molecular weight is 272 g/mol. The van der Waals surface area contributed by atoms with Gasteiger partial charge in [-0.1, -0.05) is 24.4 Å². The van der Waals surface area contributed by atoms with E-state index in [2.05, 4.69) is 10.3 Å². The van der Waals surface area contributed by atoms with E-state index in [4.69, 9.17) is 11.6 Å². The van der Waals surface area contributed by atoms with Crippen LogP contribution in [0.4, 0.5) is 0 Å². The molecule has 6 heteroatoms. The van der Waals surface area contributed by atoms with Gasteiger partial charge in [-0.15, -0.1) is 0 Å². The maximum Gasteiger partial charge on any atom is 0.328 e. The number of nitrogens with one attached hydrogen (secondary N) is 2. The van der Waals surface area contributed by atoms with Gasteiger partial charge in [0, 0.05) is 19.3 Å². The van der Waals surface area contributed by atoms with Gasteiger partial charge in [0.2, 0.25) is 0 Å². The first-order valence-corrected chi connectivity index (χ1v) is 6.74. The first kappa shape index (κ1) is 13.4. The molecule has 0 atom stereocenters. The van der Waals surface area contributed by atoms with Crippen LogP contribution in [-0.4, -0.2) is 22.6 Å². The second-order valence-electron chi connectivity index (χ2n) is 4.78. The van der Waals surface area contributed by atoms with Gasteiger partial charge in [-0.2, -0.15) is 0 Å². The Labute approximate surface area is 110 Å². The summed E-state index contributed by atoms with van der Waals surface area (Å²) in [7, 11) is 0. The van der Waals surface area contributed by atoms with Crippen molar-refractivity contribution in [3.63, 3.8) is 0 Å². The van der Waals surface area contributed by atoms with E-state index in [1.807, 2.05) is 0 Å². The van der Waals surface area contributed by atoms with Crippen LogP contribution in [0.2, 0.25) is 5.02 Å². The molecule has 1 aliphatic carbocycles. The smallest absolute Gasteiger partial charge is 0.315 e. The Hall–Kier alpha value is -1.07. The quantitative estimate of drug-likeness (QED) is 0.784. The van der Waals surface area contributed by atoms with Gasteiger partial charge in [0.15, 0.2) is 0 Å². The fraction of sp³-hybridized carbons (Fsp3) is 0.667. The van der Waals surface area contributed by atoms with Crippen LogP contribution in [0.5, 0.6) is 0 Å². The van der Waals surface area contributed by atoms with E-state index in [0.717, 1.165) is 12.5 Å². The fourth-order valence-corrected chi connectivity index (χ4v) is 2.53. The summed E-state index contributed by atoms with van der Waals surface area (Å²) in [5.74, 6) is 0.779. The predicted octanol–water partition coefficient (Wildman–Crippen LogP) is 0.970. The zero-order chi connectivity index (χ0) is 13.0. The Balaban J connectivity index is 1.81. The molecule has 1 saturated carbocycles. The van der Waals surface area contributed by atoms with Gasteiger partial charge in [-0.3, -0.25) is 14.3 Å². The van der Waals surface area contributed by atoms with Crippen molar-refractivity contribution in [2.75, 3.05) is 13.1 Å². The molecule has 1 aromatic heterocycles. The van der Waals surface area contributed by atoms with Crippen LogP contribution in [0.25, 0.3) is 0 Å². The van der Waals surface area contributed by atoms with E-state index in [1.165, 1.54) is 36.4 Å². The molecule has 1 heterocycles. The largest absolute Gasteiger partial charge is 0.328 e. The molecule has 0 radical (unpaired) electrons. The minimum absolute atomic E-state index is 0.0467. The highest BCUT2D eigenvalue weighted by Crippen LogP contribution is 2.23. The Bertz CT molecular complexity index is 503. The molecular weight excluding hydrogens is 254 g/mol. The third-order valence-electron chi connectivity index (χ3n) is 3.40. The summed E-state index contributed by atoms with van der Waals surface area (Å²) in [6.45, 7) is 2.23. The molecule has 0 unspecified atom stereocenters. The molecule has 0 aromatic carbocycles. The van der Waals surface area contributed by atoms with E-state index in [1.54, 1.807) is 0 Å². The fourth-order valence-electron chi connectivity index (χ4n) is 2.37. The summed E-state index contributed by atoms with van der Waals surface area (Å²) < 4.78 is 1.42. The Kier molecular flexibility index (Phi) is 4.60. The summed E-state index contributed by atoms with van der Waals surface area (Å²) >= 11 is 5.68. The molecule has 2 rings (SSSR count). The van der Waals surface area contributed by atoms with Crippen molar-refractivity contribution in [1.29, 1.82) is 0 Å². The molecule has 0 bridgehead atoms. The highest BCUT2D eigenvalue weighted by Gasteiger charge is 2.13. The summed E-state index contributed by atoms with van der Waals surface area (Å²) in [6, 6.07) is 0. The molecule has 1 aromatic rings. The third-order valence-corrected chi connectivity index (χ3v) is 3.67. The van der Waals surface area contributed by atoms with Crippen molar-refractivity contribution >= 4 is 11.6 Å². The monoisotopic (exact) mass is 271 g/mol. The summed E-state index contributed by atoms with van der Waals surface area (Å²) in [6.07, 6.45) is 6.66. The lowest BCUT2D eigenvalue weighted by Gasteiger charge is -2.11. The van der Waals surface area contributed by atoms with E-state index in [0.29, 0.717) is 13.1 Å². The Morgan fingerprint density at radius 3 is 2.83 bits per heavy atom. The van der Waals surface area contributed by atoms with Crippen molar-refractivity contribution in [3.8, 4) is 0 Å². The SMILES string of the molecule is O=c1[nH]c(=O)n(CCNCC2CCCC2)cc1Cl. The zero-order valence-corrected chi connectivity index (χ0v) is 11.0. The molecule has 1 aliphatic rings. The minimum Gasteiger partial charge on any atom is -0.315 e. The second-order valence-corrected chi connectivity index (χ2v) is 5.19. The standard InChI is InChI=1S/C12H18ClN3O2/c13-10-8-16(12(18)15-11(10)17)6-5-14-7-9-3-1-2-4-9/h8-9,14H,1-7H2,(H,15,17,18). The number of halogens is 1. The van der Waals surface area contributed by atoms with Crippen LogP contribution >= 0.6 is 11.6 Å². The lowest BCUT2D eigenvalue weighted by molar-refractivity contribution is 0.472. The lowest BCUT2D eigenvalue weighted by atomic mass is 10.1. The maximum atomic E-state index is 11.5. The van der Waals surface area contributed by atoms with Crippen LogP contribution in [0, 0.1) is 5.92 Å². The summed E-state index contributed by atoms with van der Waals surface area (Å²) in [4.78, 5) is 24.7. The van der Waals surface area contributed by atoms with Crippen LogP contribution in [-0.2, 0) is 6.54 Å². The molecule has 2 N–H and O–H groups in total. The Morgan fingerprint density at radius 1 is 1.39 bits per heavy atom. The minimum atomic E-state index is -0.531. The third kappa shape index (κ3) is 3.46. The number of nitrogens with zero attached hydrogens (tertiary/aromatic N) is 1. The lowest BCUT2D eigenvalue weighted by Crippen LogP contribution is -2.33. The van der Waals surface area contributed by atoms with Gasteiger partial charge in [0.05, 0.1) is 0 Å². The number of hydrogen-bond acceptors (Lipinski definition) is 3. The van der Waals surface area contributed by atoms with Gasteiger partial charge in [0.25, 0.3) is 5.56 Å². The van der Waals surface area contributed by atoms with Crippen molar-refractivity contribution in [3.05, 3.63) is 32.1 Å². The molecule has 0 saturated heterocycles. The van der Waals surface area contributed by atoms with Gasteiger partial charge in [0.1, 0.15) is 5.02 Å². The van der Waals surface area contributed by atoms with Crippen LogP contribution < -0.4 is 16.6 Å². The molecule has 0 aliphatic heterocycles. The van der Waals surface area contributed by atoms with Crippen LogP contribution in [0.3, 0.4) is 0 Å². The topological polar surface area (TPSA) is 66.9 Å². The number of H-pyrrole nitrogens is 1. The van der Waals surface area contributed by atoms with E-state index in [-0.39, 0.29) is 5.02 Å². The van der Waals surface area contributed by atoms with E-state index < -0.39 is 11.2 Å². The first-order valence-electron chi connectivity index (χ1n) is 6.37. The average Bonchev–Trinajstić information content (AvgIpc) is 2.84. The summed E-state index contributed by atoms with van der Waals surface area (Å²) in [5.41, 5.74) is -0.941. The summed E-state index contributed by atoms with van der Waals surface area (Å²) in [5, 5.41) is 3.39. The predicted molar refractivity (Wildman–Crippen MR) is 71.2 cm³/mol. The van der Waals surface area contributed by atoms with E-state index >= 15 is 0 Å². The van der Waals surface area contributed by atoms with Gasteiger partial charge in [-0.25, -0.2) is 4.79 Å². The highest BCUT2D eigenvalue weighted by atomic mass is 35.5. The van der Waals surface area contributed by atoms with Crippen molar-refractivity contribution in [2.45, 2.75) is 32.2 Å². The molecule has 18 heavy (non-hydrogen) atoms. The number of hydrogen-bond donors (Lipinski definition) is 2. The normalized spacial score (nSPS) is 16.3. The van der Waals surface area contributed by atoms with Crippen molar-refractivity contribution in [1.82, 2.24) is 14.9 Å². The maximum absolute atomic E-state index is 11.5. The molecule has 0 amide bonds. The van der Waals surface area contributed by atoms with E-state index in [9.17, 15) is 9.59 Å². The molecule has 0 spiro atoms. The molecule has 1 fully saturated rings. The van der Waals surface area contributed by atoms with Crippen LogP contribution in [0.15, 0.2) is 15.8 Å². The van der Waals surface area contributed by atoms with Crippen molar-refractivity contribution < 1.29 is 0 Å². The zero-order valence-electron chi connectivity index (χ0n) is 10.2. The van der Waals surface area contributed by atoms with Crippen molar-refractivity contribution in [2.24, 2.45) is 5.92 Å². The molecular formula is C12H18ClN3O2. The number of aromatic amines is 1. The molecule has 5 nitrogen and oxygen atoms in total. The highest BCUT2D eigenvalue weighted by molar-refractivity contribution is 6.30. The Morgan fingerprint density at radius 2 is 2.11 bits per heavy atom.